The van der Waals surface area contributed by atoms with Crippen molar-refractivity contribution in [2.75, 3.05) is 25.0 Å². The van der Waals surface area contributed by atoms with Gasteiger partial charge in [0.25, 0.3) is 5.56 Å². The van der Waals surface area contributed by atoms with Gasteiger partial charge >= 0.3 is 0 Å². The number of anilines is 1. The van der Waals surface area contributed by atoms with Crippen molar-refractivity contribution >= 4 is 50.2 Å². The quantitative estimate of drug-likeness (QED) is 0.563. The first-order chi connectivity index (χ1) is 15.5. The van der Waals surface area contributed by atoms with Crippen LogP contribution in [0.25, 0.3) is 10.3 Å². The standard InChI is InChI=1S/C21H23ClN6O3S/c1-23-19(30)14-6-4-8-27(10-14)21-26-18-17(32-21)20(31)28(12-25-18)11-16(29)24-9-13-5-2-3-7-15(13)22/h2-3,5,7,12,14H,4,6,8-11H2,1H3,(H,23,30)(H,24,29). The van der Waals surface area contributed by atoms with Crippen molar-refractivity contribution in [2.24, 2.45) is 5.92 Å². The Kier molecular flexibility index (Phi) is 6.71. The van der Waals surface area contributed by atoms with Gasteiger partial charge < -0.3 is 15.5 Å². The Balaban J connectivity index is 1.47. The molecule has 0 aliphatic carbocycles. The lowest BCUT2D eigenvalue weighted by Crippen LogP contribution is -2.42. The molecule has 2 amide bonds. The number of amides is 2. The number of halogens is 1. The van der Waals surface area contributed by atoms with Crippen molar-refractivity contribution < 1.29 is 9.59 Å². The second-order valence-corrected chi connectivity index (χ2v) is 8.98. The molecule has 3 heterocycles. The van der Waals surface area contributed by atoms with Crippen molar-refractivity contribution in [1.29, 1.82) is 0 Å². The third-order valence-electron chi connectivity index (χ3n) is 5.43. The van der Waals surface area contributed by atoms with E-state index in [0.29, 0.717) is 27.0 Å². The maximum Gasteiger partial charge on any atom is 0.273 e. The first-order valence-electron chi connectivity index (χ1n) is 10.3. The number of piperidine rings is 1. The van der Waals surface area contributed by atoms with Crippen molar-refractivity contribution in [3.05, 3.63) is 51.5 Å². The highest BCUT2D eigenvalue weighted by Crippen LogP contribution is 2.29. The number of benzene rings is 1. The van der Waals surface area contributed by atoms with E-state index in [-0.39, 0.29) is 36.4 Å². The van der Waals surface area contributed by atoms with Crippen LogP contribution >= 0.6 is 22.9 Å². The maximum absolute atomic E-state index is 12.9. The molecule has 3 aromatic rings. The second-order valence-electron chi connectivity index (χ2n) is 7.59. The van der Waals surface area contributed by atoms with E-state index in [2.05, 4.69) is 20.6 Å². The van der Waals surface area contributed by atoms with E-state index in [4.69, 9.17) is 11.6 Å². The van der Waals surface area contributed by atoms with Crippen molar-refractivity contribution in [3.63, 3.8) is 0 Å². The summed E-state index contributed by atoms with van der Waals surface area (Å²) in [7, 11) is 1.63. The van der Waals surface area contributed by atoms with Gasteiger partial charge in [0.1, 0.15) is 17.6 Å². The number of carbonyl (C=O) groups excluding carboxylic acids is 2. The summed E-state index contributed by atoms with van der Waals surface area (Å²) in [6.45, 7) is 1.45. The average molecular weight is 475 g/mol. The fourth-order valence-electron chi connectivity index (χ4n) is 3.70. The molecule has 0 saturated carbocycles. The summed E-state index contributed by atoms with van der Waals surface area (Å²) in [5, 5.41) is 6.71. The van der Waals surface area contributed by atoms with Gasteiger partial charge in [-0.2, -0.15) is 4.98 Å². The molecular formula is C21H23ClN6O3S. The zero-order valence-corrected chi connectivity index (χ0v) is 19.1. The van der Waals surface area contributed by atoms with Gasteiger partial charge in [-0.15, -0.1) is 0 Å². The minimum Gasteiger partial charge on any atom is -0.359 e. The molecule has 0 bridgehead atoms. The van der Waals surface area contributed by atoms with E-state index in [9.17, 15) is 14.4 Å². The Labute approximate surface area is 193 Å². The molecule has 9 nitrogen and oxygen atoms in total. The predicted octanol–water partition coefficient (Wildman–Crippen LogP) is 1.79. The van der Waals surface area contributed by atoms with Crippen LogP contribution in [0.2, 0.25) is 5.02 Å². The largest absolute Gasteiger partial charge is 0.359 e. The summed E-state index contributed by atoms with van der Waals surface area (Å²) in [5.74, 6) is -0.409. The molecule has 0 radical (unpaired) electrons. The number of nitrogens with zero attached hydrogens (tertiary/aromatic N) is 4. The van der Waals surface area contributed by atoms with Gasteiger partial charge in [0.2, 0.25) is 11.8 Å². The lowest BCUT2D eigenvalue weighted by Gasteiger charge is -2.31. The molecule has 1 aliphatic rings. The molecule has 1 aliphatic heterocycles. The first kappa shape index (κ1) is 22.2. The smallest absolute Gasteiger partial charge is 0.273 e. The normalized spacial score (nSPS) is 16.2. The minimum atomic E-state index is -0.317. The highest BCUT2D eigenvalue weighted by atomic mass is 35.5. The molecule has 1 saturated heterocycles. The number of thiazole rings is 1. The van der Waals surface area contributed by atoms with Gasteiger partial charge in [0, 0.05) is 31.7 Å². The molecule has 1 fully saturated rings. The van der Waals surface area contributed by atoms with Crippen LogP contribution in [0.15, 0.2) is 35.4 Å². The predicted molar refractivity (Wildman–Crippen MR) is 124 cm³/mol. The minimum absolute atomic E-state index is 0.0131. The summed E-state index contributed by atoms with van der Waals surface area (Å²) in [6.07, 6.45) is 3.04. The van der Waals surface area contributed by atoms with Gasteiger partial charge in [-0.1, -0.05) is 41.1 Å². The number of hydrogen-bond donors (Lipinski definition) is 2. The summed E-state index contributed by atoms with van der Waals surface area (Å²) in [6, 6.07) is 7.25. The van der Waals surface area contributed by atoms with E-state index >= 15 is 0 Å². The third-order valence-corrected chi connectivity index (χ3v) is 6.89. The topological polar surface area (TPSA) is 109 Å². The Morgan fingerprint density at radius 1 is 1.31 bits per heavy atom. The number of aromatic nitrogens is 3. The van der Waals surface area contributed by atoms with Gasteiger partial charge in [-0.25, -0.2) is 4.98 Å². The fourth-order valence-corrected chi connectivity index (χ4v) is 4.90. The van der Waals surface area contributed by atoms with Crippen LogP contribution in [0, 0.1) is 5.92 Å². The maximum atomic E-state index is 12.9. The van der Waals surface area contributed by atoms with Crippen LogP contribution < -0.4 is 21.1 Å². The molecule has 11 heteroatoms. The Bertz CT molecular complexity index is 1210. The molecule has 32 heavy (non-hydrogen) atoms. The molecule has 1 unspecified atom stereocenters. The zero-order chi connectivity index (χ0) is 22.7. The molecule has 0 spiro atoms. The van der Waals surface area contributed by atoms with E-state index < -0.39 is 0 Å². The van der Waals surface area contributed by atoms with Gasteiger partial charge in [0.15, 0.2) is 10.8 Å². The summed E-state index contributed by atoms with van der Waals surface area (Å²) in [4.78, 5) is 48.1. The van der Waals surface area contributed by atoms with Crippen LogP contribution in [0.1, 0.15) is 18.4 Å². The Hall–Kier alpha value is -2.98. The monoisotopic (exact) mass is 474 g/mol. The zero-order valence-electron chi connectivity index (χ0n) is 17.5. The number of nitrogens with one attached hydrogen (secondary N) is 2. The fraction of sp³-hybridized carbons (Fsp3) is 0.381. The molecular weight excluding hydrogens is 452 g/mol. The summed E-state index contributed by atoms with van der Waals surface area (Å²) >= 11 is 7.35. The van der Waals surface area contributed by atoms with Crippen LogP contribution in [0.3, 0.4) is 0 Å². The molecule has 1 atom stereocenters. The summed E-state index contributed by atoms with van der Waals surface area (Å²) < 4.78 is 1.67. The SMILES string of the molecule is CNC(=O)C1CCCN(c2nc3ncn(CC(=O)NCc4ccccc4Cl)c(=O)c3s2)C1. The van der Waals surface area contributed by atoms with E-state index in [0.717, 1.165) is 24.9 Å². The Morgan fingerprint density at radius 2 is 2.12 bits per heavy atom. The highest BCUT2D eigenvalue weighted by molar-refractivity contribution is 7.22. The first-order valence-corrected chi connectivity index (χ1v) is 11.5. The van der Waals surface area contributed by atoms with Crippen LogP contribution in [0.4, 0.5) is 5.13 Å². The number of fused-ring (bicyclic) bond motifs is 1. The molecule has 1 aromatic carbocycles. The van der Waals surface area contributed by atoms with Crippen LogP contribution in [-0.4, -0.2) is 46.5 Å². The van der Waals surface area contributed by atoms with Gasteiger partial charge in [0.05, 0.1) is 5.92 Å². The number of rotatable bonds is 6. The second kappa shape index (κ2) is 9.66. The molecule has 168 valence electrons. The Morgan fingerprint density at radius 3 is 2.91 bits per heavy atom. The third kappa shape index (κ3) is 4.76. The van der Waals surface area contributed by atoms with Crippen molar-refractivity contribution in [3.8, 4) is 0 Å². The van der Waals surface area contributed by atoms with Gasteiger partial charge in [-0.05, 0) is 24.5 Å². The number of carbonyl (C=O) groups is 2. The van der Waals surface area contributed by atoms with Crippen LogP contribution in [0.5, 0.6) is 0 Å². The lowest BCUT2D eigenvalue weighted by molar-refractivity contribution is -0.124. The molecule has 2 N–H and O–H groups in total. The van der Waals surface area contributed by atoms with Gasteiger partial charge in [-0.3, -0.25) is 19.0 Å². The van der Waals surface area contributed by atoms with E-state index in [1.807, 2.05) is 23.1 Å². The van der Waals surface area contributed by atoms with Crippen molar-refractivity contribution in [1.82, 2.24) is 25.2 Å². The highest BCUT2D eigenvalue weighted by Gasteiger charge is 2.27. The average Bonchev–Trinajstić information content (AvgIpc) is 3.25. The van der Waals surface area contributed by atoms with Crippen molar-refractivity contribution in [2.45, 2.75) is 25.9 Å². The van der Waals surface area contributed by atoms with E-state index in [1.165, 1.54) is 22.2 Å². The molecule has 2 aromatic heterocycles. The number of hydrogen-bond acceptors (Lipinski definition) is 7. The van der Waals surface area contributed by atoms with Crippen LogP contribution in [-0.2, 0) is 22.7 Å². The molecule has 4 rings (SSSR count). The summed E-state index contributed by atoms with van der Waals surface area (Å²) in [5.41, 5.74) is 0.837. The van der Waals surface area contributed by atoms with E-state index in [1.54, 1.807) is 13.1 Å². The lowest BCUT2D eigenvalue weighted by atomic mass is 9.98.